The lowest BCUT2D eigenvalue weighted by Crippen LogP contribution is -2.21. The maximum absolute atomic E-state index is 12.5. The van der Waals surface area contributed by atoms with Crippen LogP contribution in [0.1, 0.15) is 5.82 Å². The summed E-state index contributed by atoms with van der Waals surface area (Å²) in [5, 5.41) is 2.58. The zero-order valence-electron chi connectivity index (χ0n) is 10.2. The Balaban J connectivity index is 2.63. The summed E-state index contributed by atoms with van der Waals surface area (Å²) in [6.07, 6.45) is -4.69. The number of alkyl halides is 3. The maximum Gasteiger partial charge on any atom is 0.451 e. The van der Waals surface area contributed by atoms with Gasteiger partial charge in [0.15, 0.2) is 0 Å². The Hall–Kier alpha value is -2.14. The molecule has 0 aromatic carbocycles. The van der Waals surface area contributed by atoms with E-state index in [4.69, 9.17) is 16.3 Å². The minimum absolute atomic E-state index is 0.0691. The van der Waals surface area contributed by atoms with Gasteiger partial charge >= 0.3 is 6.18 Å². The summed E-state index contributed by atoms with van der Waals surface area (Å²) >= 11 is 0. The predicted octanol–water partition coefficient (Wildman–Crippen LogP) is -0.305. The molecule has 0 saturated carbocycles. The van der Waals surface area contributed by atoms with Crippen molar-refractivity contribution in [3.63, 3.8) is 0 Å². The monoisotopic (exact) mass is 294 g/mol. The lowest BCUT2D eigenvalue weighted by molar-refractivity contribution is -0.144. The Bertz CT molecular complexity index is 467. The van der Waals surface area contributed by atoms with Gasteiger partial charge in [-0.3, -0.25) is 4.79 Å². The van der Waals surface area contributed by atoms with Gasteiger partial charge in [0.05, 0.1) is 6.61 Å². The van der Waals surface area contributed by atoms with Crippen LogP contribution in [0.15, 0.2) is 6.07 Å². The maximum atomic E-state index is 12.5. The summed E-state index contributed by atoms with van der Waals surface area (Å²) in [4.78, 5) is 16.9. The third kappa shape index (κ3) is 5.24. The molecule has 20 heavy (non-hydrogen) atoms. The van der Waals surface area contributed by atoms with Crippen LogP contribution in [-0.2, 0) is 15.7 Å². The van der Waals surface area contributed by atoms with E-state index >= 15 is 0 Å². The van der Waals surface area contributed by atoms with Crippen LogP contribution in [0.5, 0.6) is 0 Å². The Morgan fingerprint density at radius 1 is 1.35 bits per heavy atom. The quantitative estimate of drug-likeness (QED) is 0.308. The van der Waals surface area contributed by atoms with E-state index in [1.54, 1.807) is 0 Å². The highest BCUT2D eigenvalue weighted by atomic mass is 19.4. The fourth-order valence-electron chi connectivity index (χ4n) is 1.16. The van der Waals surface area contributed by atoms with E-state index in [1.807, 2.05) is 5.43 Å². The minimum Gasteiger partial charge on any atom is -0.370 e. The number of aromatic nitrogens is 2. The second-order valence-electron chi connectivity index (χ2n) is 3.55. The van der Waals surface area contributed by atoms with Gasteiger partial charge in [0, 0.05) is 12.6 Å². The van der Waals surface area contributed by atoms with Crippen LogP contribution in [-0.4, -0.2) is 35.6 Å². The molecule has 0 spiro atoms. The number of carbonyl (C=O) groups is 1. The van der Waals surface area contributed by atoms with Crippen molar-refractivity contribution in [3.05, 3.63) is 11.9 Å². The van der Waals surface area contributed by atoms with E-state index in [9.17, 15) is 18.0 Å². The van der Waals surface area contributed by atoms with Crippen LogP contribution in [0.2, 0.25) is 0 Å². The number of ether oxygens (including phenoxy) is 1. The standard InChI is InChI=1S/C9H13F3N6O2/c10-9(11,12)8-16-6(3-7(17-8)18-14)15-1-2-20-4-5(13)19/h3H,1-2,4,14H2,(H2,13,19)(H2,15,16,17,18). The van der Waals surface area contributed by atoms with Gasteiger partial charge in [0.1, 0.15) is 18.2 Å². The van der Waals surface area contributed by atoms with Gasteiger partial charge in [-0.1, -0.05) is 0 Å². The highest BCUT2D eigenvalue weighted by Gasteiger charge is 2.35. The highest BCUT2D eigenvalue weighted by molar-refractivity contribution is 5.74. The van der Waals surface area contributed by atoms with Crippen molar-refractivity contribution in [1.82, 2.24) is 9.97 Å². The van der Waals surface area contributed by atoms with Gasteiger partial charge in [-0.05, 0) is 0 Å². The summed E-state index contributed by atoms with van der Waals surface area (Å²) in [6.45, 7) is -0.0693. The molecule has 1 aromatic rings. The molecule has 0 radical (unpaired) electrons. The van der Waals surface area contributed by atoms with E-state index in [2.05, 4.69) is 15.3 Å². The van der Waals surface area contributed by atoms with Crippen LogP contribution in [0.25, 0.3) is 0 Å². The van der Waals surface area contributed by atoms with Crippen molar-refractivity contribution in [2.75, 3.05) is 30.5 Å². The molecule has 1 heterocycles. The van der Waals surface area contributed by atoms with Gasteiger partial charge < -0.3 is 21.2 Å². The molecule has 1 rings (SSSR count). The van der Waals surface area contributed by atoms with Crippen LogP contribution in [0, 0.1) is 0 Å². The zero-order chi connectivity index (χ0) is 15.2. The van der Waals surface area contributed by atoms with E-state index in [0.29, 0.717) is 0 Å². The zero-order valence-corrected chi connectivity index (χ0v) is 10.2. The molecule has 112 valence electrons. The molecule has 1 aromatic heterocycles. The van der Waals surface area contributed by atoms with Gasteiger partial charge in [-0.15, -0.1) is 0 Å². The lowest BCUT2D eigenvalue weighted by atomic mass is 10.4. The second kappa shape index (κ2) is 6.86. The molecule has 1 amide bonds. The van der Waals surface area contributed by atoms with Gasteiger partial charge in [0.2, 0.25) is 11.7 Å². The van der Waals surface area contributed by atoms with Crippen molar-refractivity contribution in [2.24, 2.45) is 11.6 Å². The fraction of sp³-hybridized carbons (Fsp3) is 0.444. The topological polar surface area (TPSA) is 128 Å². The number of hydrogen-bond donors (Lipinski definition) is 4. The first-order chi connectivity index (χ1) is 9.32. The van der Waals surface area contributed by atoms with Crippen molar-refractivity contribution in [2.45, 2.75) is 6.18 Å². The van der Waals surface area contributed by atoms with Crippen molar-refractivity contribution >= 4 is 17.5 Å². The molecule has 0 aliphatic rings. The number of carbonyl (C=O) groups excluding carboxylic acids is 1. The third-order valence-electron chi connectivity index (χ3n) is 1.92. The van der Waals surface area contributed by atoms with E-state index in [-0.39, 0.29) is 31.4 Å². The number of hydrogen-bond acceptors (Lipinski definition) is 7. The lowest BCUT2D eigenvalue weighted by Gasteiger charge is -2.11. The summed E-state index contributed by atoms with van der Waals surface area (Å²) in [5.41, 5.74) is 6.85. The number of nitrogens with two attached hydrogens (primary N) is 2. The summed E-state index contributed by atoms with van der Waals surface area (Å²) in [6, 6.07) is 1.20. The molecular weight excluding hydrogens is 281 g/mol. The molecule has 0 atom stereocenters. The van der Waals surface area contributed by atoms with Crippen LogP contribution < -0.4 is 22.3 Å². The Labute approximate surface area is 111 Å². The van der Waals surface area contributed by atoms with E-state index in [1.165, 1.54) is 6.07 Å². The third-order valence-corrected chi connectivity index (χ3v) is 1.92. The number of nitrogens with zero attached hydrogens (tertiary/aromatic N) is 2. The number of nitrogens with one attached hydrogen (secondary N) is 2. The molecule has 0 fully saturated rings. The second-order valence-corrected chi connectivity index (χ2v) is 3.55. The predicted molar refractivity (Wildman–Crippen MR) is 63.3 cm³/mol. The molecule has 11 heteroatoms. The normalized spacial score (nSPS) is 11.2. The molecule has 0 aliphatic heterocycles. The Kier molecular flexibility index (Phi) is 5.46. The first kappa shape index (κ1) is 15.9. The average molecular weight is 294 g/mol. The van der Waals surface area contributed by atoms with Crippen molar-refractivity contribution < 1.29 is 22.7 Å². The number of hydrazine groups is 1. The fourth-order valence-corrected chi connectivity index (χ4v) is 1.16. The molecule has 8 nitrogen and oxygen atoms in total. The number of nitrogen functional groups attached to an aromatic ring is 1. The number of amides is 1. The minimum atomic E-state index is -4.69. The number of rotatable bonds is 7. The van der Waals surface area contributed by atoms with Crippen molar-refractivity contribution in [1.29, 1.82) is 0 Å². The van der Waals surface area contributed by atoms with Crippen molar-refractivity contribution in [3.8, 4) is 0 Å². The highest BCUT2D eigenvalue weighted by Crippen LogP contribution is 2.28. The van der Waals surface area contributed by atoms with Crippen LogP contribution >= 0.6 is 0 Å². The average Bonchev–Trinajstić information content (AvgIpc) is 2.36. The van der Waals surface area contributed by atoms with Gasteiger partial charge in [-0.25, -0.2) is 15.8 Å². The first-order valence-corrected chi connectivity index (χ1v) is 5.35. The first-order valence-electron chi connectivity index (χ1n) is 5.35. The van der Waals surface area contributed by atoms with E-state index in [0.717, 1.165) is 0 Å². The summed E-state index contributed by atoms with van der Waals surface area (Å²) < 4.78 is 42.4. The molecule has 0 bridgehead atoms. The van der Waals surface area contributed by atoms with Crippen LogP contribution in [0.3, 0.4) is 0 Å². The van der Waals surface area contributed by atoms with Crippen LogP contribution in [0.4, 0.5) is 24.8 Å². The Morgan fingerprint density at radius 3 is 2.55 bits per heavy atom. The number of halogens is 3. The smallest absolute Gasteiger partial charge is 0.370 e. The summed E-state index contributed by atoms with van der Waals surface area (Å²) in [5.74, 6) is 2.80. The molecule has 0 aliphatic carbocycles. The summed E-state index contributed by atoms with van der Waals surface area (Å²) in [7, 11) is 0. The molecule has 6 N–H and O–H groups in total. The SMILES string of the molecule is NNc1cc(NCCOCC(N)=O)nc(C(F)(F)F)n1. The van der Waals surface area contributed by atoms with Gasteiger partial charge in [-0.2, -0.15) is 13.2 Å². The van der Waals surface area contributed by atoms with Gasteiger partial charge in [0.25, 0.3) is 0 Å². The number of anilines is 2. The molecular formula is C9H13F3N6O2. The number of primary amides is 1. The largest absolute Gasteiger partial charge is 0.451 e. The molecule has 0 unspecified atom stereocenters. The molecule has 0 saturated heterocycles. The van der Waals surface area contributed by atoms with E-state index < -0.39 is 17.9 Å². The Morgan fingerprint density at radius 2 is 2.00 bits per heavy atom.